The molecule has 0 spiro atoms. The van der Waals surface area contributed by atoms with Crippen LogP contribution in [0.4, 0.5) is 4.39 Å². The number of hydrazone groups is 1. The highest BCUT2D eigenvalue weighted by Crippen LogP contribution is 2.15. The fourth-order valence-corrected chi connectivity index (χ4v) is 3.66. The van der Waals surface area contributed by atoms with Gasteiger partial charge in [-0.25, -0.2) is 14.1 Å². The lowest BCUT2D eigenvalue weighted by atomic mass is 10.1. The monoisotopic (exact) mass is 478 g/mol. The van der Waals surface area contributed by atoms with E-state index in [1.54, 1.807) is 24.3 Å². The second kappa shape index (κ2) is 10.2. The largest absolute Gasteiger partial charge is 0.290 e. The highest BCUT2D eigenvalue weighted by molar-refractivity contribution is 6.39. The quantitative estimate of drug-likeness (QED) is 0.524. The van der Waals surface area contributed by atoms with Crippen molar-refractivity contribution in [2.75, 3.05) is 0 Å². The molecule has 35 heavy (non-hydrogen) atoms. The maximum atomic E-state index is 13.1. The molecule has 4 rings (SSSR count). The highest BCUT2D eigenvalue weighted by atomic mass is 19.1. The first-order chi connectivity index (χ1) is 16.9. The number of amides is 3. The van der Waals surface area contributed by atoms with E-state index in [1.165, 1.54) is 28.9 Å². The zero-order valence-corrected chi connectivity index (χ0v) is 19.0. The van der Waals surface area contributed by atoms with E-state index in [9.17, 15) is 23.6 Å². The lowest BCUT2D eigenvalue weighted by molar-refractivity contribution is -0.132. The highest BCUT2D eigenvalue weighted by Gasteiger charge is 2.25. The van der Waals surface area contributed by atoms with E-state index < -0.39 is 17.6 Å². The summed E-state index contributed by atoms with van der Waals surface area (Å²) in [5.74, 6) is -2.05. The summed E-state index contributed by atoms with van der Waals surface area (Å²) in [6.07, 6.45) is 0.814. The van der Waals surface area contributed by atoms with E-state index in [-0.39, 0.29) is 42.3 Å². The Kier molecular flexibility index (Phi) is 6.95. The third-order valence-corrected chi connectivity index (χ3v) is 5.42. The molecule has 0 fully saturated rings. The summed E-state index contributed by atoms with van der Waals surface area (Å²) in [6, 6.07) is 12.2. The van der Waals surface area contributed by atoms with Crippen LogP contribution in [0.1, 0.15) is 42.2 Å². The van der Waals surface area contributed by atoms with E-state index in [4.69, 9.17) is 0 Å². The average Bonchev–Trinajstić information content (AvgIpc) is 2.87. The van der Waals surface area contributed by atoms with Crippen LogP contribution in [-0.4, -0.2) is 38.2 Å². The Morgan fingerprint density at radius 2 is 1.66 bits per heavy atom. The molecule has 1 aliphatic heterocycles. The molecule has 0 atom stereocenters. The Balaban J connectivity index is 1.49. The Morgan fingerprint density at radius 3 is 2.37 bits per heavy atom. The van der Waals surface area contributed by atoms with Crippen LogP contribution in [0.15, 0.2) is 58.4 Å². The van der Waals surface area contributed by atoms with Gasteiger partial charge in [0.05, 0.1) is 11.9 Å². The zero-order valence-electron chi connectivity index (χ0n) is 19.0. The van der Waals surface area contributed by atoms with E-state index in [0.717, 1.165) is 5.01 Å². The van der Waals surface area contributed by atoms with Gasteiger partial charge in [-0.1, -0.05) is 37.3 Å². The molecular formula is C24H23FN6O4. The number of hydrogen-bond acceptors (Lipinski definition) is 6. The van der Waals surface area contributed by atoms with Crippen molar-refractivity contribution in [1.82, 2.24) is 25.6 Å². The van der Waals surface area contributed by atoms with Crippen molar-refractivity contribution in [3.8, 4) is 0 Å². The smallest absolute Gasteiger partial charge is 0.273 e. The molecule has 2 N–H and O–H groups in total. The standard InChI is InChI=1S/C24H23FN6O4/c1-2-13-30-24(35)18-6-4-3-5-17(18)21(29-30)23(34)27-26-22(33)19-11-12-20(32)31(28-19)14-15-7-9-16(25)10-8-15/h3-10H,2,11-14H2,1H3,(H,26,33)(H,27,34). The van der Waals surface area contributed by atoms with Crippen LogP contribution in [-0.2, 0) is 22.7 Å². The van der Waals surface area contributed by atoms with Gasteiger partial charge in [-0.15, -0.1) is 0 Å². The number of nitrogens with zero attached hydrogens (tertiary/aromatic N) is 4. The summed E-state index contributed by atoms with van der Waals surface area (Å²) in [4.78, 5) is 50.3. The lowest BCUT2D eigenvalue weighted by Gasteiger charge is -2.23. The first kappa shape index (κ1) is 23.7. The van der Waals surface area contributed by atoms with Gasteiger partial charge >= 0.3 is 0 Å². The molecule has 0 radical (unpaired) electrons. The lowest BCUT2D eigenvalue weighted by Crippen LogP contribution is -2.47. The Bertz CT molecular complexity index is 1380. The van der Waals surface area contributed by atoms with Crippen molar-refractivity contribution in [2.24, 2.45) is 5.10 Å². The van der Waals surface area contributed by atoms with Crippen molar-refractivity contribution in [3.63, 3.8) is 0 Å². The van der Waals surface area contributed by atoms with Crippen LogP contribution in [0.25, 0.3) is 10.8 Å². The van der Waals surface area contributed by atoms with Crippen molar-refractivity contribution in [1.29, 1.82) is 0 Å². The third kappa shape index (κ3) is 5.24. The second-order valence-electron chi connectivity index (χ2n) is 7.96. The van der Waals surface area contributed by atoms with Crippen LogP contribution in [0, 0.1) is 5.82 Å². The van der Waals surface area contributed by atoms with Gasteiger partial charge in [0, 0.05) is 24.8 Å². The molecule has 11 heteroatoms. The summed E-state index contributed by atoms with van der Waals surface area (Å²) < 4.78 is 14.4. The molecular weight excluding hydrogens is 455 g/mol. The number of aromatic nitrogens is 2. The van der Waals surface area contributed by atoms with E-state index in [1.807, 2.05) is 6.92 Å². The number of aryl methyl sites for hydroxylation is 1. The van der Waals surface area contributed by atoms with E-state index in [2.05, 4.69) is 21.1 Å². The zero-order chi connectivity index (χ0) is 24.9. The van der Waals surface area contributed by atoms with Crippen molar-refractivity contribution < 1.29 is 18.8 Å². The minimum Gasteiger partial charge on any atom is -0.273 e. The van der Waals surface area contributed by atoms with Crippen LogP contribution < -0.4 is 16.4 Å². The molecule has 0 unspecified atom stereocenters. The van der Waals surface area contributed by atoms with Gasteiger partial charge in [0.25, 0.3) is 17.4 Å². The Morgan fingerprint density at radius 1 is 0.971 bits per heavy atom. The Hall–Kier alpha value is -4.41. The van der Waals surface area contributed by atoms with Gasteiger partial charge in [-0.05, 0) is 30.2 Å². The van der Waals surface area contributed by atoms with Crippen molar-refractivity contribution >= 4 is 34.2 Å². The van der Waals surface area contributed by atoms with Crippen molar-refractivity contribution in [2.45, 2.75) is 39.3 Å². The molecule has 3 aromatic rings. The molecule has 180 valence electrons. The minimum atomic E-state index is -0.699. The number of carbonyl (C=O) groups excluding carboxylic acids is 3. The number of carbonyl (C=O) groups is 3. The summed E-state index contributed by atoms with van der Waals surface area (Å²) in [7, 11) is 0. The normalized spacial score (nSPS) is 13.5. The van der Waals surface area contributed by atoms with Gasteiger partial charge in [-0.2, -0.15) is 10.2 Å². The van der Waals surface area contributed by atoms with E-state index in [0.29, 0.717) is 29.3 Å². The third-order valence-electron chi connectivity index (χ3n) is 5.42. The topological polar surface area (TPSA) is 126 Å². The number of benzene rings is 2. The Labute approximate surface area is 199 Å². The van der Waals surface area contributed by atoms with Crippen LogP contribution in [0.3, 0.4) is 0 Å². The molecule has 1 aliphatic rings. The summed E-state index contributed by atoms with van der Waals surface area (Å²) in [5, 5.41) is 10.2. The molecule has 1 aromatic heterocycles. The second-order valence-corrected chi connectivity index (χ2v) is 7.96. The maximum absolute atomic E-state index is 13.1. The molecule has 0 saturated heterocycles. The summed E-state index contributed by atoms with van der Waals surface area (Å²) >= 11 is 0. The number of rotatable bonds is 6. The summed E-state index contributed by atoms with van der Waals surface area (Å²) in [6.45, 7) is 2.31. The average molecular weight is 478 g/mol. The van der Waals surface area contributed by atoms with Gasteiger partial charge in [0.15, 0.2) is 5.69 Å². The fourth-order valence-electron chi connectivity index (χ4n) is 3.66. The number of nitrogens with one attached hydrogen (secondary N) is 2. The maximum Gasteiger partial charge on any atom is 0.290 e. The van der Waals surface area contributed by atoms with E-state index >= 15 is 0 Å². The molecule has 2 aromatic carbocycles. The minimum absolute atomic E-state index is 0.00681. The molecule has 0 saturated carbocycles. The number of fused-ring (bicyclic) bond motifs is 1. The molecule has 3 amide bonds. The first-order valence-corrected chi connectivity index (χ1v) is 11.1. The molecule has 10 nitrogen and oxygen atoms in total. The number of hydrogen-bond donors (Lipinski definition) is 2. The van der Waals surface area contributed by atoms with Gasteiger partial charge < -0.3 is 0 Å². The van der Waals surface area contributed by atoms with Gasteiger partial charge in [-0.3, -0.25) is 30.0 Å². The predicted octanol–water partition coefficient (Wildman–Crippen LogP) is 1.89. The molecule has 0 aliphatic carbocycles. The van der Waals surface area contributed by atoms with Crippen molar-refractivity contribution in [3.05, 3.63) is 76.0 Å². The van der Waals surface area contributed by atoms with Crippen LogP contribution in [0.2, 0.25) is 0 Å². The fraction of sp³-hybridized carbons (Fsp3) is 0.250. The SMILES string of the molecule is CCCn1nc(C(=O)NNC(=O)C2=NN(Cc3ccc(F)cc3)C(=O)CC2)c2ccccc2c1=O. The predicted molar refractivity (Wildman–Crippen MR) is 126 cm³/mol. The van der Waals surface area contributed by atoms with Gasteiger partial charge in [0.1, 0.15) is 11.5 Å². The number of halogens is 1. The first-order valence-electron chi connectivity index (χ1n) is 11.1. The molecule has 0 bridgehead atoms. The summed E-state index contributed by atoms with van der Waals surface area (Å²) in [5.41, 5.74) is 5.02. The van der Waals surface area contributed by atoms with Crippen LogP contribution >= 0.6 is 0 Å². The molecule has 2 heterocycles. The number of hydrazine groups is 1. The van der Waals surface area contributed by atoms with Gasteiger partial charge in [0.2, 0.25) is 5.91 Å². The van der Waals surface area contributed by atoms with Crippen LogP contribution in [0.5, 0.6) is 0 Å².